The summed E-state index contributed by atoms with van der Waals surface area (Å²) in [4.78, 5) is 24.9. The van der Waals surface area contributed by atoms with Crippen molar-refractivity contribution in [2.45, 2.75) is 19.9 Å². The van der Waals surface area contributed by atoms with Gasteiger partial charge < -0.3 is 10.2 Å². The summed E-state index contributed by atoms with van der Waals surface area (Å²) in [5, 5.41) is 3.26. The topological polar surface area (TPSA) is 49.4 Å². The molecule has 25 heavy (non-hydrogen) atoms. The van der Waals surface area contributed by atoms with Gasteiger partial charge in [0.1, 0.15) is 0 Å². The van der Waals surface area contributed by atoms with Crippen molar-refractivity contribution < 1.29 is 18.4 Å². The number of amides is 2. The van der Waals surface area contributed by atoms with E-state index in [0.717, 1.165) is 17.7 Å². The standard InChI is InChI=1S/C18H17ClF2N2O2/c1-12(24)23(14-6-7-16(20)17(21)10-14)9-8-18(25)22-11-13-4-2-3-5-15(13)19/h2-7,10H,8-9,11H2,1H3,(H,22,25). The molecule has 0 aliphatic carbocycles. The summed E-state index contributed by atoms with van der Waals surface area (Å²) in [5.74, 6) is -2.70. The van der Waals surface area contributed by atoms with Gasteiger partial charge in [-0.1, -0.05) is 29.8 Å². The minimum Gasteiger partial charge on any atom is -0.352 e. The molecule has 0 radical (unpaired) electrons. The van der Waals surface area contributed by atoms with Gasteiger partial charge in [0, 0.05) is 43.2 Å². The number of nitrogens with one attached hydrogen (secondary N) is 1. The number of anilines is 1. The predicted molar refractivity (Wildman–Crippen MR) is 92.3 cm³/mol. The molecule has 2 aromatic rings. The molecule has 0 fully saturated rings. The van der Waals surface area contributed by atoms with Crippen molar-refractivity contribution in [2.24, 2.45) is 0 Å². The second-order valence-electron chi connectivity index (χ2n) is 5.39. The summed E-state index contributed by atoms with van der Waals surface area (Å²) in [6, 6.07) is 10.3. The lowest BCUT2D eigenvalue weighted by molar-refractivity contribution is -0.121. The highest BCUT2D eigenvalue weighted by Crippen LogP contribution is 2.19. The van der Waals surface area contributed by atoms with Gasteiger partial charge in [0.15, 0.2) is 11.6 Å². The number of nitrogens with zero attached hydrogens (tertiary/aromatic N) is 1. The summed E-state index contributed by atoms with van der Waals surface area (Å²) in [7, 11) is 0. The summed E-state index contributed by atoms with van der Waals surface area (Å²) >= 11 is 6.01. The molecule has 7 heteroatoms. The molecule has 0 aliphatic rings. The molecule has 0 heterocycles. The lowest BCUT2D eigenvalue weighted by Gasteiger charge is -2.21. The number of halogens is 3. The normalized spacial score (nSPS) is 10.4. The maximum absolute atomic E-state index is 13.3. The van der Waals surface area contributed by atoms with Crippen LogP contribution in [0.25, 0.3) is 0 Å². The van der Waals surface area contributed by atoms with Crippen LogP contribution in [0.4, 0.5) is 14.5 Å². The first-order chi connectivity index (χ1) is 11.9. The van der Waals surface area contributed by atoms with Crippen LogP contribution >= 0.6 is 11.6 Å². The van der Waals surface area contributed by atoms with E-state index in [-0.39, 0.29) is 37.0 Å². The van der Waals surface area contributed by atoms with Crippen molar-refractivity contribution in [1.82, 2.24) is 5.32 Å². The van der Waals surface area contributed by atoms with E-state index >= 15 is 0 Å². The molecule has 2 aromatic carbocycles. The van der Waals surface area contributed by atoms with Gasteiger partial charge in [0.05, 0.1) is 0 Å². The van der Waals surface area contributed by atoms with Gasteiger partial charge >= 0.3 is 0 Å². The third-order valence-corrected chi connectivity index (χ3v) is 3.96. The summed E-state index contributed by atoms with van der Waals surface area (Å²) < 4.78 is 26.4. The highest BCUT2D eigenvalue weighted by atomic mass is 35.5. The van der Waals surface area contributed by atoms with Gasteiger partial charge in [-0.3, -0.25) is 9.59 Å². The van der Waals surface area contributed by atoms with Crippen LogP contribution in [-0.4, -0.2) is 18.4 Å². The number of benzene rings is 2. The molecule has 1 N–H and O–H groups in total. The Labute approximate surface area is 149 Å². The minimum absolute atomic E-state index is 0.0169. The molecule has 0 saturated heterocycles. The Kier molecular flexibility index (Phi) is 6.47. The van der Waals surface area contributed by atoms with Gasteiger partial charge in [0.2, 0.25) is 11.8 Å². The Balaban J connectivity index is 1.94. The average Bonchev–Trinajstić information content (AvgIpc) is 2.57. The average molecular weight is 367 g/mol. The summed E-state index contributed by atoms with van der Waals surface area (Å²) in [6.07, 6.45) is 0.0169. The highest BCUT2D eigenvalue weighted by molar-refractivity contribution is 6.31. The SMILES string of the molecule is CC(=O)N(CCC(=O)NCc1ccccc1Cl)c1ccc(F)c(F)c1. The lowest BCUT2D eigenvalue weighted by atomic mass is 10.2. The van der Waals surface area contributed by atoms with Crippen molar-refractivity contribution in [3.8, 4) is 0 Å². The zero-order valence-corrected chi connectivity index (χ0v) is 14.3. The van der Waals surface area contributed by atoms with Gasteiger partial charge in [-0.05, 0) is 23.8 Å². The predicted octanol–water partition coefficient (Wildman–Crippen LogP) is 3.68. The fraction of sp³-hybridized carbons (Fsp3) is 0.222. The van der Waals surface area contributed by atoms with Crippen molar-refractivity contribution in [2.75, 3.05) is 11.4 Å². The zero-order chi connectivity index (χ0) is 18.4. The number of carbonyl (C=O) groups excluding carboxylic acids is 2. The highest BCUT2D eigenvalue weighted by Gasteiger charge is 2.15. The van der Waals surface area contributed by atoms with E-state index < -0.39 is 11.6 Å². The van der Waals surface area contributed by atoms with Crippen LogP contribution in [0.2, 0.25) is 5.02 Å². The van der Waals surface area contributed by atoms with Crippen molar-refractivity contribution in [3.63, 3.8) is 0 Å². The molecule has 0 aromatic heterocycles. The van der Waals surface area contributed by atoms with Gasteiger partial charge in [0.25, 0.3) is 0 Å². The fourth-order valence-corrected chi connectivity index (χ4v) is 2.46. The van der Waals surface area contributed by atoms with Crippen LogP contribution in [0, 0.1) is 11.6 Å². The van der Waals surface area contributed by atoms with Crippen LogP contribution in [-0.2, 0) is 16.1 Å². The summed E-state index contributed by atoms with van der Waals surface area (Å²) in [5.41, 5.74) is 0.979. The Morgan fingerprint density at radius 1 is 1.12 bits per heavy atom. The molecular formula is C18H17ClF2N2O2. The van der Waals surface area contributed by atoms with E-state index in [1.165, 1.54) is 17.9 Å². The van der Waals surface area contributed by atoms with Crippen molar-refractivity contribution in [1.29, 1.82) is 0 Å². The zero-order valence-electron chi connectivity index (χ0n) is 13.6. The van der Waals surface area contributed by atoms with E-state index in [1.807, 2.05) is 6.07 Å². The number of hydrogen-bond acceptors (Lipinski definition) is 2. The molecule has 0 bridgehead atoms. The molecule has 0 unspecified atom stereocenters. The molecule has 2 rings (SSSR count). The Hall–Kier alpha value is -2.47. The van der Waals surface area contributed by atoms with Crippen LogP contribution in [0.5, 0.6) is 0 Å². The smallest absolute Gasteiger partial charge is 0.223 e. The quantitative estimate of drug-likeness (QED) is 0.847. The second-order valence-corrected chi connectivity index (χ2v) is 5.79. The van der Waals surface area contributed by atoms with E-state index in [0.29, 0.717) is 5.02 Å². The van der Waals surface area contributed by atoms with Crippen molar-refractivity contribution >= 4 is 29.1 Å². The van der Waals surface area contributed by atoms with Crippen LogP contribution < -0.4 is 10.2 Å². The second kappa shape index (κ2) is 8.58. The van der Waals surface area contributed by atoms with Crippen molar-refractivity contribution in [3.05, 3.63) is 64.7 Å². The largest absolute Gasteiger partial charge is 0.352 e. The number of hydrogen-bond donors (Lipinski definition) is 1. The minimum atomic E-state index is -1.05. The maximum atomic E-state index is 13.3. The van der Waals surface area contributed by atoms with E-state index in [1.54, 1.807) is 18.2 Å². The molecule has 0 spiro atoms. The number of carbonyl (C=O) groups is 2. The molecule has 0 atom stereocenters. The van der Waals surface area contributed by atoms with E-state index in [9.17, 15) is 18.4 Å². The Bertz CT molecular complexity index is 783. The fourth-order valence-electron chi connectivity index (χ4n) is 2.26. The third-order valence-electron chi connectivity index (χ3n) is 3.59. The molecule has 4 nitrogen and oxygen atoms in total. The molecule has 2 amide bonds. The Morgan fingerprint density at radius 2 is 1.84 bits per heavy atom. The summed E-state index contributed by atoms with van der Waals surface area (Å²) in [6.45, 7) is 1.61. The molecule has 0 aliphatic heterocycles. The van der Waals surface area contributed by atoms with Gasteiger partial charge in [-0.25, -0.2) is 8.78 Å². The van der Waals surface area contributed by atoms with Crippen LogP contribution in [0.3, 0.4) is 0 Å². The number of rotatable bonds is 6. The maximum Gasteiger partial charge on any atom is 0.223 e. The molecule has 0 saturated carbocycles. The molecular weight excluding hydrogens is 350 g/mol. The van der Waals surface area contributed by atoms with Crippen LogP contribution in [0.1, 0.15) is 18.9 Å². The van der Waals surface area contributed by atoms with E-state index in [4.69, 9.17) is 11.6 Å². The Morgan fingerprint density at radius 3 is 2.48 bits per heavy atom. The lowest BCUT2D eigenvalue weighted by Crippen LogP contribution is -2.33. The van der Waals surface area contributed by atoms with E-state index in [2.05, 4.69) is 5.32 Å². The third kappa shape index (κ3) is 5.26. The first-order valence-electron chi connectivity index (χ1n) is 7.61. The monoisotopic (exact) mass is 366 g/mol. The van der Waals surface area contributed by atoms with Gasteiger partial charge in [-0.15, -0.1) is 0 Å². The van der Waals surface area contributed by atoms with Crippen LogP contribution in [0.15, 0.2) is 42.5 Å². The first-order valence-corrected chi connectivity index (χ1v) is 7.99. The molecule has 132 valence electrons. The van der Waals surface area contributed by atoms with Gasteiger partial charge in [-0.2, -0.15) is 0 Å². The first kappa shape index (κ1) is 18.9.